The first-order valence-electron chi connectivity index (χ1n) is 11.3. The van der Waals surface area contributed by atoms with Crippen LogP contribution in [0.5, 0.6) is 0 Å². The Kier molecular flexibility index (Phi) is 10.9. The Morgan fingerprint density at radius 2 is 1.71 bits per heavy atom. The van der Waals surface area contributed by atoms with E-state index >= 15 is 0 Å². The number of carboxylic acids is 1. The molecule has 0 saturated heterocycles. The number of carbonyl (C=O) groups excluding carboxylic acids is 2. The van der Waals surface area contributed by atoms with Crippen molar-refractivity contribution in [2.24, 2.45) is 21.7 Å². The average molecular weight is 484 g/mol. The second kappa shape index (κ2) is 13.9. The molecular weight excluding hydrogens is 450 g/mol. The number of azo groups is 1. The number of benzene rings is 2. The number of aryl methyl sites for hydroxylation is 2. The van der Waals surface area contributed by atoms with Crippen molar-refractivity contribution in [1.29, 1.82) is 0 Å². The number of carboxylic acid groups (broad SMARTS) is 1. The van der Waals surface area contributed by atoms with Crippen LogP contribution in [0, 0.1) is 13.8 Å². The molecule has 11 nitrogen and oxygen atoms in total. The first-order chi connectivity index (χ1) is 16.7. The molecule has 188 valence electrons. The molecular formula is C24H33N7O4. The van der Waals surface area contributed by atoms with Crippen LogP contribution in [0.3, 0.4) is 0 Å². The third-order valence-electron chi connectivity index (χ3n) is 5.16. The van der Waals surface area contributed by atoms with Crippen LogP contribution in [-0.2, 0) is 16.0 Å². The quantitative estimate of drug-likeness (QED) is 0.151. The number of nitrogens with one attached hydrogen (secondary N) is 3. The van der Waals surface area contributed by atoms with Crippen molar-refractivity contribution in [3.8, 4) is 0 Å². The fraction of sp³-hybridized carbons (Fsp3) is 0.375. The standard InChI is InChI=1S/C24H33N7O4/c1-15-10-11-18(16(2)13-15)30-31-24(35)29-20(14-17-7-4-3-5-8-17)21(32)28-19(22(33)34)9-6-12-27-23(25)26/h3-5,7-8,10-11,13,19-20,23,27H,6,9,12,14,25-26H2,1-2H3,(H,28,32)(H,29,35)(H,33,34)/b31-30+. The number of hydrogen-bond acceptors (Lipinski definition) is 7. The third kappa shape index (κ3) is 10.0. The van der Waals surface area contributed by atoms with E-state index in [1.165, 1.54) is 0 Å². The lowest BCUT2D eigenvalue weighted by atomic mass is 10.0. The summed E-state index contributed by atoms with van der Waals surface area (Å²) in [6.45, 7) is 4.19. The van der Waals surface area contributed by atoms with Gasteiger partial charge in [0.25, 0.3) is 0 Å². The Morgan fingerprint density at radius 3 is 2.34 bits per heavy atom. The normalized spacial score (nSPS) is 12.9. The predicted molar refractivity (Wildman–Crippen MR) is 132 cm³/mol. The maximum Gasteiger partial charge on any atom is 0.360 e. The van der Waals surface area contributed by atoms with Crippen molar-refractivity contribution < 1.29 is 19.5 Å². The summed E-state index contributed by atoms with van der Waals surface area (Å²) in [5.41, 5.74) is 14.0. The van der Waals surface area contributed by atoms with E-state index < -0.39 is 36.3 Å². The highest BCUT2D eigenvalue weighted by Crippen LogP contribution is 2.19. The Morgan fingerprint density at radius 1 is 1.00 bits per heavy atom. The topological polar surface area (TPSA) is 184 Å². The molecule has 0 bridgehead atoms. The largest absolute Gasteiger partial charge is 0.480 e. The van der Waals surface area contributed by atoms with Crippen LogP contribution in [0.1, 0.15) is 29.5 Å². The van der Waals surface area contributed by atoms with Gasteiger partial charge >= 0.3 is 12.0 Å². The highest BCUT2D eigenvalue weighted by Gasteiger charge is 2.26. The Balaban J connectivity index is 2.10. The van der Waals surface area contributed by atoms with Crippen molar-refractivity contribution >= 4 is 23.6 Å². The first-order valence-corrected chi connectivity index (χ1v) is 11.3. The van der Waals surface area contributed by atoms with Crippen molar-refractivity contribution in [2.45, 2.75) is 51.5 Å². The molecule has 0 aliphatic rings. The SMILES string of the molecule is Cc1ccc(/N=N/C(=O)NC(Cc2ccccc2)C(=O)NC(CCCNC(N)N)C(=O)O)c(C)c1. The maximum atomic E-state index is 13.0. The van der Waals surface area contributed by atoms with Gasteiger partial charge in [-0.05, 0) is 50.4 Å². The number of aliphatic carboxylic acids is 1. The van der Waals surface area contributed by atoms with Gasteiger partial charge in [-0.2, -0.15) is 0 Å². The van der Waals surface area contributed by atoms with Crippen LogP contribution in [0.25, 0.3) is 0 Å². The number of hydrogen-bond donors (Lipinski definition) is 6. The van der Waals surface area contributed by atoms with Gasteiger partial charge in [-0.15, -0.1) is 5.11 Å². The molecule has 0 spiro atoms. The molecule has 0 heterocycles. The lowest BCUT2D eigenvalue weighted by Gasteiger charge is -2.21. The highest BCUT2D eigenvalue weighted by molar-refractivity contribution is 5.90. The van der Waals surface area contributed by atoms with E-state index in [0.717, 1.165) is 16.7 Å². The van der Waals surface area contributed by atoms with E-state index in [2.05, 4.69) is 26.2 Å². The summed E-state index contributed by atoms with van der Waals surface area (Å²) in [5.74, 6) is -1.82. The first kappa shape index (κ1) is 27.6. The van der Waals surface area contributed by atoms with Gasteiger partial charge in [0.1, 0.15) is 18.4 Å². The molecule has 0 radical (unpaired) electrons. The van der Waals surface area contributed by atoms with Gasteiger partial charge < -0.3 is 27.2 Å². The zero-order valence-corrected chi connectivity index (χ0v) is 19.9. The summed E-state index contributed by atoms with van der Waals surface area (Å²) in [6, 6.07) is 11.6. The lowest BCUT2D eigenvalue weighted by molar-refractivity contribution is -0.142. The molecule has 0 fully saturated rings. The summed E-state index contributed by atoms with van der Waals surface area (Å²) in [6.07, 6.45) is 0.00500. The minimum absolute atomic E-state index is 0.146. The molecule has 2 atom stereocenters. The predicted octanol–water partition coefficient (Wildman–Crippen LogP) is 1.85. The van der Waals surface area contributed by atoms with Gasteiger partial charge in [0.2, 0.25) is 5.91 Å². The molecule has 0 aromatic heterocycles. The molecule has 3 amide bonds. The van der Waals surface area contributed by atoms with Crippen molar-refractivity contribution in [1.82, 2.24) is 16.0 Å². The second-order valence-corrected chi connectivity index (χ2v) is 8.20. The van der Waals surface area contributed by atoms with Gasteiger partial charge in [-0.25, -0.2) is 9.59 Å². The van der Waals surface area contributed by atoms with E-state index in [1.54, 1.807) is 30.3 Å². The molecule has 2 rings (SSSR count). The van der Waals surface area contributed by atoms with E-state index in [9.17, 15) is 19.5 Å². The van der Waals surface area contributed by atoms with E-state index in [-0.39, 0.29) is 12.8 Å². The molecule has 0 saturated carbocycles. The lowest BCUT2D eigenvalue weighted by Crippen LogP contribution is -2.52. The van der Waals surface area contributed by atoms with Crippen LogP contribution in [0.4, 0.5) is 10.5 Å². The molecule has 2 aromatic rings. The van der Waals surface area contributed by atoms with Crippen molar-refractivity contribution in [3.63, 3.8) is 0 Å². The maximum absolute atomic E-state index is 13.0. The summed E-state index contributed by atoms with van der Waals surface area (Å²) in [7, 11) is 0. The van der Waals surface area contributed by atoms with Crippen LogP contribution < -0.4 is 27.4 Å². The Bertz CT molecular complexity index is 1030. The van der Waals surface area contributed by atoms with Gasteiger partial charge in [-0.1, -0.05) is 53.1 Å². The number of rotatable bonds is 12. The highest BCUT2D eigenvalue weighted by atomic mass is 16.4. The third-order valence-corrected chi connectivity index (χ3v) is 5.16. The summed E-state index contributed by atoms with van der Waals surface area (Å²) >= 11 is 0. The molecule has 11 heteroatoms. The van der Waals surface area contributed by atoms with Crippen LogP contribution in [-0.4, -0.2) is 47.9 Å². The van der Waals surface area contributed by atoms with Gasteiger partial charge in [-0.3, -0.25) is 10.1 Å². The molecule has 2 unspecified atom stereocenters. The van der Waals surface area contributed by atoms with Crippen LogP contribution in [0.2, 0.25) is 0 Å². The number of urea groups is 1. The number of nitrogens with zero attached hydrogens (tertiary/aromatic N) is 2. The molecule has 0 aliphatic heterocycles. The molecule has 0 aliphatic carbocycles. The van der Waals surface area contributed by atoms with Crippen molar-refractivity contribution in [2.75, 3.05) is 6.54 Å². The second-order valence-electron chi connectivity index (χ2n) is 8.20. The zero-order valence-electron chi connectivity index (χ0n) is 19.9. The molecule has 35 heavy (non-hydrogen) atoms. The van der Waals surface area contributed by atoms with Crippen LogP contribution in [0.15, 0.2) is 58.8 Å². The van der Waals surface area contributed by atoms with E-state index in [0.29, 0.717) is 18.7 Å². The molecule has 2 aromatic carbocycles. The summed E-state index contributed by atoms with van der Waals surface area (Å²) < 4.78 is 0. The van der Waals surface area contributed by atoms with Gasteiger partial charge in [0, 0.05) is 6.42 Å². The Hall–Kier alpha value is -3.67. The number of carbonyl (C=O) groups is 3. The average Bonchev–Trinajstić information content (AvgIpc) is 2.80. The number of amides is 3. The van der Waals surface area contributed by atoms with Crippen LogP contribution >= 0.6 is 0 Å². The summed E-state index contributed by atoms with van der Waals surface area (Å²) in [4.78, 5) is 37.2. The zero-order chi connectivity index (χ0) is 25.8. The number of nitrogens with two attached hydrogens (primary N) is 2. The van der Waals surface area contributed by atoms with Gasteiger partial charge in [0.05, 0.1) is 5.69 Å². The minimum Gasteiger partial charge on any atom is -0.480 e. The summed E-state index contributed by atoms with van der Waals surface area (Å²) in [5, 5.41) is 25.0. The minimum atomic E-state index is -1.19. The smallest absolute Gasteiger partial charge is 0.360 e. The fourth-order valence-corrected chi connectivity index (χ4v) is 3.36. The fourth-order valence-electron chi connectivity index (χ4n) is 3.36. The van der Waals surface area contributed by atoms with Crippen molar-refractivity contribution in [3.05, 3.63) is 65.2 Å². The van der Waals surface area contributed by atoms with E-state index in [1.807, 2.05) is 32.0 Å². The monoisotopic (exact) mass is 483 g/mol. The van der Waals surface area contributed by atoms with Gasteiger partial charge in [0.15, 0.2) is 0 Å². The van der Waals surface area contributed by atoms with E-state index in [4.69, 9.17) is 11.5 Å². The molecule has 8 N–H and O–H groups in total. The Labute approximate surface area is 204 Å².